The lowest BCUT2D eigenvalue weighted by molar-refractivity contribution is -0.119. The molecule has 6 nitrogen and oxygen atoms in total. The van der Waals surface area contributed by atoms with Crippen LogP contribution in [-0.4, -0.2) is 36.6 Å². The van der Waals surface area contributed by atoms with Gasteiger partial charge in [-0.05, 0) is 24.6 Å². The molecule has 6 heteroatoms. The van der Waals surface area contributed by atoms with E-state index in [9.17, 15) is 14.7 Å². The van der Waals surface area contributed by atoms with Crippen molar-refractivity contribution in [3.8, 4) is 11.5 Å². The van der Waals surface area contributed by atoms with Crippen LogP contribution in [0, 0.1) is 0 Å². The highest BCUT2D eigenvalue weighted by Gasteiger charge is 2.21. The smallest absolute Gasteiger partial charge is 0.255 e. The van der Waals surface area contributed by atoms with Crippen molar-refractivity contribution < 1.29 is 19.4 Å². The molecule has 1 aromatic rings. The SMILES string of the molecule is COc1ccc(O)c(C(=O)NCC2CCC(=O)N2)c1. The zero-order chi connectivity index (χ0) is 13.8. The van der Waals surface area contributed by atoms with Gasteiger partial charge in [0.05, 0.1) is 12.7 Å². The molecule has 102 valence electrons. The van der Waals surface area contributed by atoms with Gasteiger partial charge in [-0.1, -0.05) is 0 Å². The number of hydrogen-bond acceptors (Lipinski definition) is 4. The van der Waals surface area contributed by atoms with Gasteiger partial charge < -0.3 is 20.5 Å². The number of carbonyl (C=O) groups excluding carboxylic acids is 2. The van der Waals surface area contributed by atoms with E-state index in [-0.39, 0.29) is 23.3 Å². The summed E-state index contributed by atoms with van der Waals surface area (Å²) in [6.07, 6.45) is 1.20. The fourth-order valence-corrected chi connectivity index (χ4v) is 1.97. The van der Waals surface area contributed by atoms with E-state index in [1.54, 1.807) is 6.07 Å². The minimum atomic E-state index is -0.391. The summed E-state index contributed by atoms with van der Waals surface area (Å²) < 4.78 is 5.00. The van der Waals surface area contributed by atoms with Gasteiger partial charge in [-0.25, -0.2) is 0 Å². The molecule has 1 aromatic carbocycles. The predicted octanol–water partition coefficient (Wildman–Crippen LogP) is 0.409. The highest BCUT2D eigenvalue weighted by Crippen LogP contribution is 2.22. The average Bonchev–Trinajstić information content (AvgIpc) is 2.82. The Kier molecular flexibility index (Phi) is 3.89. The number of carbonyl (C=O) groups is 2. The molecule has 1 aliphatic rings. The zero-order valence-corrected chi connectivity index (χ0v) is 10.6. The van der Waals surface area contributed by atoms with Crippen LogP contribution in [0.25, 0.3) is 0 Å². The molecule has 1 saturated heterocycles. The van der Waals surface area contributed by atoms with E-state index in [2.05, 4.69) is 10.6 Å². The average molecular weight is 264 g/mol. The lowest BCUT2D eigenvalue weighted by atomic mass is 10.1. The lowest BCUT2D eigenvalue weighted by Crippen LogP contribution is -2.38. The van der Waals surface area contributed by atoms with E-state index in [1.807, 2.05) is 0 Å². The van der Waals surface area contributed by atoms with Gasteiger partial charge in [0.1, 0.15) is 11.5 Å². The first-order valence-corrected chi connectivity index (χ1v) is 6.04. The minimum Gasteiger partial charge on any atom is -0.507 e. The van der Waals surface area contributed by atoms with Gasteiger partial charge in [-0.15, -0.1) is 0 Å². The molecule has 1 fully saturated rings. The molecule has 0 radical (unpaired) electrons. The van der Waals surface area contributed by atoms with Gasteiger partial charge in [-0.2, -0.15) is 0 Å². The molecule has 0 saturated carbocycles. The van der Waals surface area contributed by atoms with Crippen LogP contribution in [0.4, 0.5) is 0 Å². The van der Waals surface area contributed by atoms with Crippen molar-refractivity contribution in [1.29, 1.82) is 0 Å². The summed E-state index contributed by atoms with van der Waals surface area (Å²) in [5.74, 6) is 0.00639. The van der Waals surface area contributed by atoms with E-state index < -0.39 is 5.91 Å². The number of benzene rings is 1. The van der Waals surface area contributed by atoms with Crippen molar-refractivity contribution in [2.24, 2.45) is 0 Å². The van der Waals surface area contributed by atoms with Crippen LogP contribution in [0.5, 0.6) is 11.5 Å². The van der Waals surface area contributed by atoms with Crippen molar-refractivity contribution in [1.82, 2.24) is 10.6 Å². The second-order valence-corrected chi connectivity index (χ2v) is 4.40. The van der Waals surface area contributed by atoms with Crippen molar-refractivity contribution in [2.75, 3.05) is 13.7 Å². The van der Waals surface area contributed by atoms with Gasteiger partial charge in [-0.3, -0.25) is 9.59 Å². The molecule has 3 N–H and O–H groups in total. The standard InChI is InChI=1S/C13H16N2O4/c1-19-9-3-4-11(16)10(6-9)13(18)14-7-8-2-5-12(17)15-8/h3-4,6,8,16H,2,5,7H2,1H3,(H,14,18)(H,15,17). The first-order valence-electron chi connectivity index (χ1n) is 6.04. The Morgan fingerprint density at radius 1 is 1.58 bits per heavy atom. The molecule has 0 aromatic heterocycles. The van der Waals surface area contributed by atoms with Crippen LogP contribution in [0.1, 0.15) is 23.2 Å². The molecular formula is C13H16N2O4. The second kappa shape index (κ2) is 5.60. The molecule has 2 rings (SSSR count). The minimum absolute atomic E-state index is 0.00322. The molecule has 2 amide bonds. The zero-order valence-electron chi connectivity index (χ0n) is 10.6. The molecule has 1 heterocycles. The van der Waals surface area contributed by atoms with Gasteiger partial charge in [0.15, 0.2) is 0 Å². The molecule has 1 unspecified atom stereocenters. The highest BCUT2D eigenvalue weighted by molar-refractivity contribution is 5.97. The molecule has 1 atom stereocenters. The first-order chi connectivity index (χ1) is 9.10. The topological polar surface area (TPSA) is 87.7 Å². The number of hydrogen-bond donors (Lipinski definition) is 3. The van der Waals surface area contributed by atoms with Crippen LogP contribution in [-0.2, 0) is 4.79 Å². The third-order valence-corrected chi connectivity index (χ3v) is 3.04. The summed E-state index contributed by atoms with van der Waals surface area (Å²) in [5.41, 5.74) is 0.156. The molecule has 0 aliphatic carbocycles. The number of methoxy groups -OCH3 is 1. The summed E-state index contributed by atoms with van der Waals surface area (Å²) >= 11 is 0. The Balaban J connectivity index is 1.97. The van der Waals surface area contributed by atoms with E-state index in [0.717, 1.165) is 0 Å². The number of rotatable bonds is 4. The third kappa shape index (κ3) is 3.15. The Morgan fingerprint density at radius 2 is 2.37 bits per heavy atom. The quantitative estimate of drug-likeness (QED) is 0.735. The Morgan fingerprint density at radius 3 is 3.00 bits per heavy atom. The van der Waals surface area contributed by atoms with Crippen LogP contribution in [0.2, 0.25) is 0 Å². The number of phenols is 1. The van der Waals surface area contributed by atoms with Crippen LogP contribution in [0.15, 0.2) is 18.2 Å². The summed E-state index contributed by atoms with van der Waals surface area (Å²) in [6.45, 7) is 0.348. The fourth-order valence-electron chi connectivity index (χ4n) is 1.97. The molecule has 0 spiro atoms. The van der Waals surface area contributed by atoms with Gasteiger partial charge in [0, 0.05) is 19.0 Å². The van der Waals surface area contributed by atoms with E-state index >= 15 is 0 Å². The monoisotopic (exact) mass is 264 g/mol. The van der Waals surface area contributed by atoms with Crippen molar-refractivity contribution in [3.05, 3.63) is 23.8 Å². The Hall–Kier alpha value is -2.24. The largest absolute Gasteiger partial charge is 0.507 e. The van der Waals surface area contributed by atoms with Crippen LogP contribution >= 0.6 is 0 Å². The Bertz CT molecular complexity index is 501. The summed E-state index contributed by atoms with van der Waals surface area (Å²) in [4.78, 5) is 23.0. The van der Waals surface area contributed by atoms with E-state index in [1.165, 1.54) is 19.2 Å². The van der Waals surface area contributed by atoms with Gasteiger partial charge in [0.2, 0.25) is 5.91 Å². The van der Waals surface area contributed by atoms with E-state index in [0.29, 0.717) is 25.1 Å². The van der Waals surface area contributed by atoms with Crippen molar-refractivity contribution >= 4 is 11.8 Å². The van der Waals surface area contributed by atoms with Crippen molar-refractivity contribution in [2.45, 2.75) is 18.9 Å². The number of phenolic OH excluding ortho intramolecular Hbond substituents is 1. The molecular weight excluding hydrogens is 248 g/mol. The number of aromatic hydroxyl groups is 1. The predicted molar refractivity (Wildman–Crippen MR) is 68.2 cm³/mol. The molecule has 1 aliphatic heterocycles. The molecule has 0 bridgehead atoms. The van der Waals surface area contributed by atoms with Crippen LogP contribution in [0.3, 0.4) is 0 Å². The third-order valence-electron chi connectivity index (χ3n) is 3.04. The Labute approximate surface area is 110 Å². The number of ether oxygens (including phenoxy) is 1. The summed E-state index contributed by atoms with van der Waals surface area (Å²) in [5, 5.41) is 15.1. The van der Waals surface area contributed by atoms with Crippen molar-refractivity contribution in [3.63, 3.8) is 0 Å². The number of amides is 2. The van der Waals surface area contributed by atoms with Gasteiger partial charge >= 0.3 is 0 Å². The number of nitrogens with one attached hydrogen (secondary N) is 2. The van der Waals surface area contributed by atoms with Gasteiger partial charge in [0.25, 0.3) is 5.91 Å². The van der Waals surface area contributed by atoms with E-state index in [4.69, 9.17) is 4.74 Å². The fraction of sp³-hybridized carbons (Fsp3) is 0.385. The maximum Gasteiger partial charge on any atom is 0.255 e. The maximum absolute atomic E-state index is 11.9. The summed E-state index contributed by atoms with van der Waals surface area (Å²) in [6, 6.07) is 4.41. The first kappa shape index (κ1) is 13.2. The summed E-state index contributed by atoms with van der Waals surface area (Å²) in [7, 11) is 1.49. The van der Waals surface area contributed by atoms with Crippen LogP contribution < -0.4 is 15.4 Å². The molecule has 19 heavy (non-hydrogen) atoms. The highest BCUT2D eigenvalue weighted by atomic mass is 16.5. The lowest BCUT2D eigenvalue weighted by Gasteiger charge is -2.12. The maximum atomic E-state index is 11.9. The normalized spacial score (nSPS) is 17.9. The second-order valence-electron chi connectivity index (χ2n) is 4.40.